The van der Waals surface area contributed by atoms with Gasteiger partial charge in [-0.3, -0.25) is 19.7 Å². The van der Waals surface area contributed by atoms with Crippen LogP contribution in [0.2, 0.25) is 0 Å². The van der Waals surface area contributed by atoms with Crippen molar-refractivity contribution in [1.82, 2.24) is 4.90 Å². The summed E-state index contributed by atoms with van der Waals surface area (Å²) in [6.45, 7) is 6.56. The number of ketones is 1. The Morgan fingerprint density at radius 3 is 2.13 bits per heavy atom. The molecule has 0 atom stereocenters. The van der Waals surface area contributed by atoms with E-state index in [0.717, 1.165) is 6.92 Å². The molecule has 0 bridgehead atoms. The molecule has 0 heterocycles. The average Bonchev–Trinajstić information content (AvgIpc) is 2.44. The van der Waals surface area contributed by atoms with Crippen molar-refractivity contribution in [1.29, 1.82) is 0 Å². The first-order chi connectivity index (χ1) is 10.6. The lowest BCUT2D eigenvalue weighted by Crippen LogP contribution is -2.49. The van der Waals surface area contributed by atoms with E-state index in [0.29, 0.717) is 5.56 Å². The Morgan fingerprint density at radius 2 is 1.78 bits per heavy atom. The van der Waals surface area contributed by atoms with Crippen molar-refractivity contribution < 1.29 is 19.3 Å². The predicted molar refractivity (Wildman–Crippen MR) is 82.7 cm³/mol. The standard InChI is InChI=1S/C15H18N4O4/c1-10(20)13(17-16)14(21)18(15(2,3)4)9-11-5-7-12(8-6-11)19(22)23/h5-8H,9H2,1-4H3. The Hall–Kier alpha value is -2.86. The molecule has 1 aromatic rings. The fourth-order valence-electron chi connectivity index (χ4n) is 1.91. The Kier molecular flexibility index (Phi) is 5.48. The maximum Gasteiger partial charge on any atom is 0.421 e. The molecular formula is C15H18N4O4. The van der Waals surface area contributed by atoms with E-state index in [2.05, 4.69) is 4.79 Å². The van der Waals surface area contributed by atoms with Gasteiger partial charge in [0.05, 0.1) is 4.92 Å². The van der Waals surface area contributed by atoms with Crippen LogP contribution in [0.3, 0.4) is 0 Å². The van der Waals surface area contributed by atoms with Crippen LogP contribution in [-0.4, -0.2) is 37.6 Å². The minimum absolute atomic E-state index is 0.0521. The van der Waals surface area contributed by atoms with Crippen LogP contribution in [0.4, 0.5) is 5.69 Å². The quantitative estimate of drug-likeness (QED) is 0.206. The number of nitrogens with zero attached hydrogens (tertiary/aromatic N) is 4. The molecule has 0 N–H and O–H groups in total. The molecule has 0 unspecified atom stereocenters. The van der Waals surface area contributed by atoms with E-state index in [1.165, 1.54) is 29.2 Å². The van der Waals surface area contributed by atoms with Crippen LogP contribution in [-0.2, 0) is 16.1 Å². The largest absolute Gasteiger partial charge is 0.421 e. The van der Waals surface area contributed by atoms with Crippen molar-refractivity contribution in [3.63, 3.8) is 0 Å². The summed E-state index contributed by atoms with van der Waals surface area (Å²) >= 11 is 0. The van der Waals surface area contributed by atoms with Gasteiger partial charge in [-0.2, -0.15) is 4.79 Å². The zero-order valence-electron chi connectivity index (χ0n) is 13.4. The van der Waals surface area contributed by atoms with E-state index in [1.807, 2.05) is 0 Å². The second-order valence-corrected chi connectivity index (χ2v) is 5.99. The van der Waals surface area contributed by atoms with Gasteiger partial charge in [-0.25, -0.2) is 0 Å². The van der Waals surface area contributed by atoms with Gasteiger partial charge >= 0.3 is 11.6 Å². The summed E-state index contributed by atoms with van der Waals surface area (Å²) in [7, 11) is 0. The third-order valence-electron chi connectivity index (χ3n) is 3.18. The number of non-ortho nitro benzene ring substituents is 1. The average molecular weight is 318 g/mol. The molecule has 1 aromatic carbocycles. The second kappa shape index (κ2) is 6.93. The summed E-state index contributed by atoms with van der Waals surface area (Å²) in [6, 6.07) is 5.75. The molecule has 0 fully saturated rings. The summed E-state index contributed by atoms with van der Waals surface area (Å²) in [4.78, 5) is 38.2. The Labute approximate surface area is 133 Å². The van der Waals surface area contributed by atoms with Crippen molar-refractivity contribution in [3.05, 3.63) is 45.5 Å². The fourth-order valence-corrected chi connectivity index (χ4v) is 1.91. The summed E-state index contributed by atoms with van der Waals surface area (Å²) in [5.41, 5.74) is 8.29. The number of rotatable bonds is 5. The van der Waals surface area contributed by atoms with Gasteiger partial charge in [0.1, 0.15) is 0 Å². The van der Waals surface area contributed by atoms with Crippen LogP contribution in [0, 0.1) is 10.1 Å². The number of amides is 1. The van der Waals surface area contributed by atoms with Crippen LogP contribution in [0.25, 0.3) is 5.53 Å². The SMILES string of the molecule is CC(=O)C(=[N+]=[N-])C(=O)N(Cc1ccc([N+](=O)[O-])cc1)C(C)(C)C. The van der Waals surface area contributed by atoms with Crippen molar-refractivity contribution in [3.8, 4) is 0 Å². The summed E-state index contributed by atoms with van der Waals surface area (Å²) in [5, 5.41) is 10.7. The number of carbonyl (C=O) groups is 2. The van der Waals surface area contributed by atoms with Crippen LogP contribution in [0.15, 0.2) is 24.3 Å². The monoisotopic (exact) mass is 318 g/mol. The van der Waals surface area contributed by atoms with E-state index in [9.17, 15) is 19.7 Å². The van der Waals surface area contributed by atoms with E-state index >= 15 is 0 Å². The van der Waals surface area contributed by atoms with Crippen molar-refractivity contribution in [2.45, 2.75) is 39.8 Å². The van der Waals surface area contributed by atoms with E-state index in [4.69, 9.17) is 5.53 Å². The van der Waals surface area contributed by atoms with Gasteiger partial charge in [0, 0.05) is 31.1 Å². The lowest BCUT2D eigenvalue weighted by Gasteiger charge is -2.34. The molecule has 0 aliphatic carbocycles. The smallest absolute Gasteiger partial charge is 0.360 e. The van der Waals surface area contributed by atoms with Crippen molar-refractivity contribution in [2.24, 2.45) is 0 Å². The Balaban J connectivity index is 3.14. The zero-order chi connectivity index (χ0) is 17.8. The Morgan fingerprint density at radius 1 is 1.26 bits per heavy atom. The fraction of sp³-hybridized carbons (Fsp3) is 0.400. The lowest BCUT2D eigenvalue weighted by atomic mass is 10.0. The Bertz CT molecular complexity index is 682. The molecule has 1 rings (SSSR count). The maximum atomic E-state index is 12.4. The first-order valence-corrected chi connectivity index (χ1v) is 6.86. The summed E-state index contributed by atoms with van der Waals surface area (Å²) in [6.07, 6.45) is 0. The lowest BCUT2D eigenvalue weighted by molar-refractivity contribution is -0.384. The molecule has 0 saturated carbocycles. The van der Waals surface area contributed by atoms with E-state index in [1.54, 1.807) is 20.8 Å². The number of nitro groups is 1. The molecule has 0 aliphatic rings. The number of hydrogen-bond donors (Lipinski definition) is 0. The van der Waals surface area contributed by atoms with Crippen LogP contribution in [0.5, 0.6) is 0 Å². The zero-order valence-corrected chi connectivity index (χ0v) is 13.4. The molecule has 1 amide bonds. The molecule has 122 valence electrons. The molecule has 0 radical (unpaired) electrons. The normalized spacial score (nSPS) is 10.6. The molecule has 8 nitrogen and oxygen atoms in total. The topological polar surface area (TPSA) is 117 Å². The minimum Gasteiger partial charge on any atom is -0.360 e. The number of carbonyl (C=O) groups excluding carboxylic acids is 2. The summed E-state index contributed by atoms with van der Waals surface area (Å²) < 4.78 is 0. The van der Waals surface area contributed by atoms with Crippen LogP contribution < -0.4 is 0 Å². The van der Waals surface area contributed by atoms with Gasteiger partial charge in [0.15, 0.2) is 0 Å². The second-order valence-electron chi connectivity index (χ2n) is 5.99. The van der Waals surface area contributed by atoms with E-state index < -0.39 is 27.9 Å². The molecule has 0 aliphatic heterocycles. The molecule has 0 spiro atoms. The first kappa shape index (κ1) is 18.2. The maximum absolute atomic E-state index is 12.4. The molecule has 8 heteroatoms. The molecular weight excluding hydrogens is 300 g/mol. The highest BCUT2D eigenvalue weighted by molar-refractivity contribution is 6.63. The highest BCUT2D eigenvalue weighted by atomic mass is 16.6. The third kappa shape index (κ3) is 4.55. The predicted octanol–water partition coefficient (Wildman–Crippen LogP) is 1.98. The van der Waals surface area contributed by atoms with Gasteiger partial charge in [-0.15, -0.1) is 0 Å². The number of hydrogen-bond acceptors (Lipinski definition) is 4. The van der Waals surface area contributed by atoms with Gasteiger partial charge in [-0.1, -0.05) is 12.1 Å². The van der Waals surface area contributed by atoms with Crippen LogP contribution in [0.1, 0.15) is 33.3 Å². The van der Waals surface area contributed by atoms with Gasteiger partial charge in [0.2, 0.25) is 5.78 Å². The van der Waals surface area contributed by atoms with Crippen molar-refractivity contribution >= 4 is 23.1 Å². The number of benzene rings is 1. The molecule has 23 heavy (non-hydrogen) atoms. The van der Waals surface area contributed by atoms with Crippen molar-refractivity contribution in [2.75, 3.05) is 0 Å². The highest BCUT2D eigenvalue weighted by Crippen LogP contribution is 2.20. The number of nitro benzene ring substituents is 1. The van der Waals surface area contributed by atoms with Crippen LogP contribution >= 0.6 is 0 Å². The molecule has 0 aromatic heterocycles. The highest BCUT2D eigenvalue weighted by Gasteiger charge is 2.36. The third-order valence-corrected chi connectivity index (χ3v) is 3.18. The first-order valence-electron chi connectivity index (χ1n) is 6.86. The van der Waals surface area contributed by atoms with Gasteiger partial charge < -0.3 is 10.4 Å². The number of Topliss-reactive ketones (excluding diaryl/α,β-unsaturated/α-hetero) is 1. The van der Waals surface area contributed by atoms with Gasteiger partial charge in [0.25, 0.3) is 5.69 Å². The molecule has 0 saturated heterocycles. The van der Waals surface area contributed by atoms with E-state index in [-0.39, 0.29) is 12.2 Å². The van der Waals surface area contributed by atoms with Gasteiger partial charge in [-0.05, 0) is 26.3 Å². The minimum atomic E-state index is -0.703. The summed E-state index contributed by atoms with van der Waals surface area (Å²) in [5.74, 6) is -1.35.